The maximum Gasteiger partial charge on any atom is 0.493 e. The average Bonchev–Trinajstić information content (AvgIpc) is 3.20. The molecule has 0 bridgehead atoms. The maximum atomic E-state index is 12.8. The molecular weight excluding hydrogens is 479 g/mol. The van der Waals surface area contributed by atoms with Crippen LogP contribution in [0.4, 0.5) is 19.0 Å². The number of hydrogen-bond acceptors (Lipinski definition) is 6. The Morgan fingerprint density at radius 2 is 1.81 bits per heavy atom. The maximum absolute atomic E-state index is 12.8. The SMILES string of the molecule is Cc1nc(N)ccc1CNC(=O)[C@H](C)NC(=O)c1cc(Cc2ccccc2)cn1OC(=O)C(F)(F)F. The second-order valence-electron chi connectivity index (χ2n) is 7.99. The fraction of sp³-hybridized carbons (Fsp3) is 0.250. The summed E-state index contributed by atoms with van der Waals surface area (Å²) < 4.78 is 38.7. The van der Waals surface area contributed by atoms with Gasteiger partial charge >= 0.3 is 12.1 Å². The summed E-state index contributed by atoms with van der Waals surface area (Å²) in [6, 6.07) is 12.5. The number of aromatic nitrogens is 2. The lowest BCUT2D eigenvalue weighted by Crippen LogP contribution is -2.45. The number of halogens is 3. The molecule has 0 aliphatic heterocycles. The third-order valence-corrected chi connectivity index (χ3v) is 5.15. The number of nitrogen functional groups attached to an aromatic ring is 1. The minimum Gasteiger partial charge on any atom is -0.384 e. The van der Waals surface area contributed by atoms with Crippen molar-refractivity contribution in [2.75, 3.05) is 5.73 Å². The highest BCUT2D eigenvalue weighted by Gasteiger charge is 2.42. The van der Waals surface area contributed by atoms with Crippen molar-refractivity contribution in [2.45, 2.75) is 39.0 Å². The predicted molar refractivity (Wildman–Crippen MR) is 123 cm³/mol. The van der Waals surface area contributed by atoms with Crippen LogP contribution in [-0.2, 0) is 22.6 Å². The molecular formula is C24H24F3N5O4. The van der Waals surface area contributed by atoms with E-state index in [1.54, 1.807) is 49.4 Å². The minimum atomic E-state index is -5.26. The Morgan fingerprint density at radius 3 is 2.44 bits per heavy atom. The van der Waals surface area contributed by atoms with Crippen molar-refractivity contribution in [3.63, 3.8) is 0 Å². The molecule has 2 heterocycles. The molecule has 1 atom stereocenters. The van der Waals surface area contributed by atoms with Crippen LogP contribution in [0.25, 0.3) is 0 Å². The quantitative estimate of drug-likeness (QED) is 0.433. The Kier molecular flexibility index (Phi) is 7.97. The van der Waals surface area contributed by atoms with Gasteiger partial charge in [-0.05, 0) is 49.1 Å². The van der Waals surface area contributed by atoms with E-state index in [9.17, 15) is 27.6 Å². The molecule has 0 unspecified atom stereocenters. The Hall–Kier alpha value is -4.35. The van der Waals surface area contributed by atoms with Crippen molar-refractivity contribution in [3.05, 3.63) is 82.8 Å². The van der Waals surface area contributed by atoms with E-state index >= 15 is 0 Å². The molecule has 9 nitrogen and oxygen atoms in total. The molecule has 0 saturated carbocycles. The van der Waals surface area contributed by atoms with Crippen molar-refractivity contribution >= 4 is 23.6 Å². The number of benzene rings is 1. The summed E-state index contributed by atoms with van der Waals surface area (Å²) in [5, 5.41) is 5.05. The molecule has 0 spiro atoms. The first kappa shape index (κ1) is 26.3. The normalized spacial score (nSPS) is 12.0. The molecule has 4 N–H and O–H groups in total. The summed E-state index contributed by atoms with van der Waals surface area (Å²) in [4.78, 5) is 45.2. The Morgan fingerprint density at radius 1 is 1.11 bits per heavy atom. The first-order valence-corrected chi connectivity index (χ1v) is 10.8. The van der Waals surface area contributed by atoms with Crippen molar-refractivity contribution < 1.29 is 32.4 Å². The highest BCUT2D eigenvalue weighted by Crippen LogP contribution is 2.18. The Labute approximate surface area is 204 Å². The zero-order valence-corrected chi connectivity index (χ0v) is 19.4. The molecule has 190 valence electrons. The number of pyridine rings is 1. The van der Waals surface area contributed by atoms with Crippen molar-refractivity contribution in [3.8, 4) is 0 Å². The third kappa shape index (κ3) is 6.84. The summed E-state index contributed by atoms with van der Waals surface area (Å²) >= 11 is 0. The fourth-order valence-corrected chi connectivity index (χ4v) is 3.27. The van der Waals surface area contributed by atoms with E-state index in [0.717, 1.165) is 17.3 Å². The van der Waals surface area contributed by atoms with Crippen molar-refractivity contribution in [1.82, 2.24) is 20.3 Å². The van der Waals surface area contributed by atoms with Crippen LogP contribution >= 0.6 is 0 Å². The van der Waals surface area contributed by atoms with E-state index in [-0.39, 0.29) is 18.7 Å². The lowest BCUT2D eigenvalue weighted by atomic mass is 10.1. The molecule has 1 aromatic carbocycles. The van der Waals surface area contributed by atoms with Crippen LogP contribution in [0.1, 0.15) is 39.8 Å². The van der Waals surface area contributed by atoms with Crippen LogP contribution in [0.5, 0.6) is 0 Å². The fourth-order valence-electron chi connectivity index (χ4n) is 3.27. The van der Waals surface area contributed by atoms with Crippen molar-refractivity contribution in [1.29, 1.82) is 0 Å². The molecule has 0 aliphatic rings. The summed E-state index contributed by atoms with van der Waals surface area (Å²) in [7, 11) is 0. The molecule has 3 aromatic rings. The number of carbonyl (C=O) groups excluding carboxylic acids is 3. The summed E-state index contributed by atoms with van der Waals surface area (Å²) in [6.45, 7) is 3.26. The number of amides is 2. The van der Waals surface area contributed by atoms with Gasteiger partial charge in [0.1, 0.15) is 17.6 Å². The van der Waals surface area contributed by atoms with E-state index in [1.165, 1.54) is 13.0 Å². The summed E-state index contributed by atoms with van der Waals surface area (Å²) in [6.07, 6.45) is -3.88. The molecule has 2 aromatic heterocycles. The molecule has 12 heteroatoms. The number of nitrogens with two attached hydrogens (primary N) is 1. The number of rotatable bonds is 8. The largest absolute Gasteiger partial charge is 0.493 e. The van der Waals surface area contributed by atoms with Gasteiger partial charge in [-0.3, -0.25) is 9.59 Å². The van der Waals surface area contributed by atoms with E-state index in [2.05, 4.69) is 20.5 Å². The van der Waals surface area contributed by atoms with Crippen LogP contribution in [-0.4, -0.2) is 39.7 Å². The molecule has 3 rings (SSSR count). The predicted octanol–water partition coefficient (Wildman–Crippen LogP) is 2.32. The number of nitrogens with one attached hydrogen (secondary N) is 2. The number of aryl methyl sites for hydroxylation is 1. The van der Waals surface area contributed by atoms with Gasteiger partial charge in [-0.1, -0.05) is 36.4 Å². The van der Waals surface area contributed by atoms with E-state index < -0.39 is 30.0 Å². The second-order valence-corrected chi connectivity index (χ2v) is 7.99. The highest BCUT2D eigenvalue weighted by molar-refractivity contribution is 5.96. The molecule has 36 heavy (non-hydrogen) atoms. The van der Waals surface area contributed by atoms with Crippen LogP contribution in [0, 0.1) is 6.92 Å². The van der Waals surface area contributed by atoms with E-state index in [4.69, 9.17) is 5.73 Å². The Bertz CT molecular complexity index is 1260. The van der Waals surface area contributed by atoms with Crippen LogP contribution < -0.4 is 21.2 Å². The van der Waals surface area contributed by atoms with Gasteiger partial charge in [-0.25, -0.2) is 9.78 Å². The highest BCUT2D eigenvalue weighted by atomic mass is 19.4. The van der Waals surface area contributed by atoms with Crippen LogP contribution in [0.15, 0.2) is 54.7 Å². The molecule has 0 radical (unpaired) electrons. The van der Waals surface area contributed by atoms with Gasteiger partial charge in [0, 0.05) is 18.4 Å². The van der Waals surface area contributed by atoms with Gasteiger partial charge in [-0.15, -0.1) is 0 Å². The number of anilines is 1. The van der Waals surface area contributed by atoms with Crippen LogP contribution in [0.3, 0.4) is 0 Å². The van der Waals surface area contributed by atoms with E-state index in [0.29, 0.717) is 21.8 Å². The minimum absolute atomic E-state index is 0.124. The zero-order chi connectivity index (χ0) is 26.5. The average molecular weight is 503 g/mol. The lowest BCUT2D eigenvalue weighted by Gasteiger charge is -2.16. The Balaban J connectivity index is 1.73. The standard InChI is InChI=1S/C24H24F3N5O4/c1-14-18(8-9-20(28)30-14)12-29-21(33)15(2)31-22(34)19-11-17(10-16-6-4-3-5-7-16)13-32(19)36-23(35)24(25,26)27/h3-9,11,13,15H,10,12H2,1-2H3,(H2,28,30)(H,29,33)(H,31,34)/t15-/m0/s1. The van der Waals surface area contributed by atoms with Gasteiger partial charge in [0.2, 0.25) is 5.91 Å². The topological polar surface area (TPSA) is 128 Å². The third-order valence-electron chi connectivity index (χ3n) is 5.15. The van der Waals surface area contributed by atoms with Gasteiger partial charge in [0.25, 0.3) is 5.91 Å². The summed E-state index contributed by atoms with van der Waals surface area (Å²) in [5.41, 5.74) is 7.82. The first-order valence-electron chi connectivity index (χ1n) is 10.8. The lowest BCUT2D eigenvalue weighted by molar-refractivity contribution is -0.200. The van der Waals surface area contributed by atoms with Crippen LogP contribution in [0.2, 0.25) is 0 Å². The zero-order valence-electron chi connectivity index (χ0n) is 19.4. The van der Waals surface area contributed by atoms with Gasteiger partial charge in [0.15, 0.2) is 0 Å². The summed E-state index contributed by atoms with van der Waals surface area (Å²) in [5.74, 6) is -3.60. The second kappa shape index (κ2) is 10.9. The monoisotopic (exact) mass is 503 g/mol. The molecule has 0 aliphatic carbocycles. The number of alkyl halides is 3. The van der Waals surface area contributed by atoms with Gasteiger partial charge in [-0.2, -0.15) is 17.9 Å². The van der Waals surface area contributed by atoms with E-state index in [1.807, 2.05) is 0 Å². The smallest absolute Gasteiger partial charge is 0.384 e. The molecule has 0 saturated heterocycles. The number of nitrogens with zero attached hydrogens (tertiary/aromatic N) is 2. The number of hydrogen-bond donors (Lipinski definition) is 3. The van der Waals surface area contributed by atoms with Crippen molar-refractivity contribution in [2.24, 2.45) is 0 Å². The molecule has 2 amide bonds. The van der Waals surface area contributed by atoms with Gasteiger partial charge < -0.3 is 21.2 Å². The molecule has 0 fully saturated rings. The van der Waals surface area contributed by atoms with Gasteiger partial charge in [0.05, 0.1) is 0 Å². The number of carbonyl (C=O) groups is 3. The first-order chi connectivity index (χ1) is 16.9.